The van der Waals surface area contributed by atoms with Gasteiger partial charge in [-0.3, -0.25) is 4.79 Å². The highest BCUT2D eigenvalue weighted by atomic mass is 79.9. The number of aromatic nitrogens is 2. The number of nitrogens with zero attached hydrogens (tertiary/aromatic N) is 3. The number of carbonyl (C=O) groups excluding carboxylic acids is 1. The molecule has 0 fully saturated rings. The zero-order valence-corrected chi connectivity index (χ0v) is 21.1. The van der Waals surface area contributed by atoms with E-state index in [4.69, 9.17) is 4.74 Å². The number of benzene rings is 3. The normalized spacial score (nSPS) is 11.3. The van der Waals surface area contributed by atoms with Crippen LogP contribution in [0, 0.1) is 6.92 Å². The third-order valence-electron chi connectivity index (χ3n) is 4.93. The molecule has 6 nitrogen and oxygen atoms in total. The summed E-state index contributed by atoms with van der Waals surface area (Å²) in [4.78, 5) is 30.4. The van der Waals surface area contributed by atoms with E-state index in [1.165, 1.54) is 10.9 Å². The van der Waals surface area contributed by atoms with Crippen LogP contribution in [0.4, 0.5) is 0 Å². The second-order valence-electron chi connectivity index (χ2n) is 7.33. The summed E-state index contributed by atoms with van der Waals surface area (Å²) in [5.41, 5.74) is 2.27. The Morgan fingerprint density at radius 1 is 1.12 bits per heavy atom. The topological polar surface area (TPSA) is 73.6 Å². The van der Waals surface area contributed by atoms with Crippen molar-refractivity contribution in [1.82, 2.24) is 9.66 Å². The number of hydrogen-bond acceptors (Lipinski definition) is 5. The van der Waals surface area contributed by atoms with Gasteiger partial charge in [0.2, 0.25) is 0 Å². The molecule has 33 heavy (non-hydrogen) atoms. The molecule has 0 saturated carbocycles. The fourth-order valence-electron chi connectivity index (χ4n) is 3.35. The summed E-state index contributed by atoms with van der Waals surface area (Å²) in [5, 5.41) is 4.90. The summed E-state index contributed by atoms with van der Waals surface area (Å²) in [6.45, 7) is 3.82. The second-order valence-corrected chi connectivity index (χ2v) is 9.10. The van der Waals surface area contributed by atoms with E-state index in [0.717, 1.165) is 10.0 Å². The molecule has 3 aromatic carbocycles. The van der Waals surface area contributed by atoms with Crippen molar-refractivity contribution in [2.24, 2.45) is 5.10 Å². The van der Waals surface area contributed by atoms with Crippen LogP contribution < -0.4 is 10.3 Å². The Bertz CT molecular complexity index is 1460. The first-order valence-electron chi connectivity index (χ1n) is 10.2. The quantitative estimate of drug-likeness (QED) is 0.171. The lowest BCUT2D eigenvalue weighted by Gasteiger charge is -2.11. The lowest BCUT2D eigenvalue weighted by Crippen LogP contribution is -2.22. The van der Waals surface area contributed by atoms with Crippen LogP contribution in [0.25, 0.3) is 10.9 Å². The SMILES string of the molecule is CCc1nc2ccccc2c(=O)n1N=Cc1cc(Br)cc(Br)c1OC(=O)c1cccc(C)c1. The van der Waals surface area contributed by atoms with Crippen LogP contribution in [0.3, 0.4) is 0 Å². The largest absolute Gasteiger partial charge is 0.421 e. The van der Waals surface area contributed by atoms with E-state index in [1.807, 2.05) is 26.0 Å². The number of halogens is 2. The zero-order valence-electron chi connectivity index (χ0n) is 17.9. The van der Waals surface area contributed by atoms with Gasteiger partial charge in [-0.1, -0.05) is 52.7 Å². The molecule has 0 spiro atoms. The van der Waals surface area contributed by atoms with E-state index in [9.17, 15) is 9.59 Å². The summed E-state index contributed by atoms with van der Waals surface area (Å²) >= 11 is 6.92. The summed E-state index contributed by atoms with van der Waals surface area (Å²) in [6, 6.07) is 17.9. The molecule has 1 aromatic heterocycles. The van der Waals surface area contributed by atoms with E-state index in [2.05, 4.69) is 41.9 Å². The molecule has 0 N–H and O–H groups in total. The molecule has 4 rings (SSSR count). The summed E-state index contributed by atoms with van der Waals surface area (Å²) < 4.78 is 8.32. The number of esters is 1. The first kappa shape index (κ1) is 23.1. The predicted molar refractivity (Wildman–Crippen MR) is 136 cm³/mol. The lowest BCUT2D eigenvalue weighted by atomic mass is 10.1. The molecule has 0 radical (unpaired) electrons. The van der Waals surface area contributed by atoms with Gasteiger partial charge in [-0.15, -0.1) is 0 Å². The van der Waals surface area contributed by atoms with Crippen molar-refractivity contribution in [2.45, 2.75) is 20.3 Å². The van der Waals surface area contributed by atoms with Crippen molar-refractivity contribution in [3.05, 3.63) is 102 Å². The van der Waals surface area contributed by atoms with Gasteiger partial charge in [0.05, 0.1) is 27.2 Å². The average molecular weight is 569 g/mol. The Morgan fingerprint density at radius 3 is 2.67 bits per heavy atom. The highest BCUT2D eigenvalue weighted by Gasteiger charge is 2.16. The molecule has 0 aliphatic heterocycles. The number of rotatable bonds is 5. The van der Waals surface area contributed by atoms with Crippen molar-refractivity contribution in [3.8, 4) is 5.75 Å². The molecule has 1 heterocycles. The van der Waals surface area contributed by atoms with Gasteiger partial charge in [-0.2, -0.15) is 9.78 Å². The van der Waals surface area contributed by atoms with E-state index >= 15 is 0 Å². The molecule has 4 aromatic rings. The minimum Gasteiger partial charge on any atom is -0.421 e. The van der Waals surface area contributed by atoms with Crippen LogP contribution in [-0.2, 0) is 6.42 Å². The van der Waals surface area contributed by atoms with E-state index in [1.54, 1.807) is 48.5 Å². The Balaban J connectivity index is 1.77. The summed E-state index contributed by atoms with van der Waals surface area (Å²) in [7, 11) is 0. The first-order chi connectivity index (χ1) is 15.9. The van der Waals surface area contributed by atoms with Gasteiger partial charge in [-0.25, -0.2) is 9.78 Å². The molecule has 0 aliphatic rings. The minimum atomic E-state index is -0.491. The van der Waals surface area contributed by atoms with Gasteiger partial charge in [-0.05, 0) is 59.3 Å². The third-order valence-corrected chi connectivity index (χ3v) is 5.98. The number of ether oxygens (including phenoxy) is 1. The Morgan fingerprint density at radius 2 is 1.91 bits per heavy atom. The van der Waals surface area contributed by atoms with Gasteiger partial charge in [0.1, 0.15) is 5.82 Å². The molecule has 0 atom stereocenters. The molecule has 0 unspecified atom stereocenters. The highest BCUT2D eigenvalue weighted by Crippen LogP contribution is 2.33. The molecular formula is C25H19Br2N3O3. The molecule has 0 bridgehead atoms. The van der Waals surface area contributed by atoms with Crippen molar-refractivity contribution < 1.29 is 9.53 Å². The maximum atomic E-state index is 13.0. The smallest absolute Gasteiger partial charge is 0.343 e. The molecule has 8 heteroatoms. The average Bonchev–Trinajstić information content (AvgIpc) is 2.80. The van der Waals surface area contributed by atoms with Crippen molar-refractivity contribution in [3.63, 3.8) is 0 Å². The van der Waals surface area contributed by atoms with Crippen molar-refractivity contribution >= 4 is 54.9 Å². The number of aryl methyl sites for hydroxylation is 2. The summed E-state index contributed by atoms with van der Waals surface area (Å²) in [6.07, 6.45) is 2.01. The monoisotopic (exact) mass is 567 g/mol. The molecule has 0 amide bonds. The number of fused-ring (bicyclic) bond motifs is 1. The van der Waals surface area contributed by atoms with Crippen LogP contribution in [0.5, 0.6) is 5.75 Å². The Labute approximate surface area is 207 Å². The van der Waals surface area contributed by atoms with Gasteiger partial charge in [0.15, 0.2) is 5.75 Å². The maximum Gasteiger partial charge on any atom is 0.343 e. The van der Waals surface area contributed by atoms with Crippen LogP contribution in [0.1, 0.15) is 34.2 Å². The Hall–Kier alpha value is -3.10. The van der Waals surface area contributed by atoms with Crippen molar-refractivity contribution in [2.75, 3.05) is 0 Å². The maximum absolute atomic E-state index is 13.0. The van der Waals surface area contributed by atoms with E-state index in [-0.39, 0.29) is 5.56 Å². The molecule has 166 valence electrons. The number of hydrogen-bond donors (Lipinski definition) is 0. The van der Waals surface area contributed by atoms with Gasteiger partial charge in [0, 0.05) is 16.5 Å². The fourth-order valence-corrected chi connectivity index (χ4v) is 4.68. The molecule has 0 saturated heterocycles. The van der Waals surface area contributed by atoms with Gasteiger partial charge in [0.25, 0.3) is 5.56 Å². The zero-order chi connectivity index (χ0) is 23.5. The number of para-hydroxylation sites is 1. The standard InChI is InChI=1S/C25H19Br2N3O3/c1-3-22-29-21-10-5-4-9-19(21)24(31)30(22)28-14-17-12-18(26)13-20(27)23(17)33-25(32)16-8-6-7-15(2)11-16/h4-14H,3H2,1-2H3. The first-order valence-corrected chi connectivity index (χ1v) is 11.8. The third kappa shape index (κ3) is 4.96. The lowest BCUT2D eigenvalue weighted by molar-refractivity contribution is 0.0733. The van der Waals surface area contributed by atoms with Crippen LogP contribution in [0.15, 0.2) is 79.5 Å². The Kier molecular flexibility index (Phi) is 6.85. The van der Waals surface area contributed by atoms with Crippen LogP contribution in [0.2, 0.25) is 0 Å². The van der Waals surface area contributed by atoms with Gasteiger partial charge < -0.3 is 4.74 Å². The molecular weight excluding hydrogens is 550 g/mol. The van der Waals surface area contributed by atoms with Gasteiger partial charge >= 0.3 is 5.97 Å². The second kappa shape index (κ2) is 9.80. The van der Waals surface area contributed by atoms with Crippen LogP contribution >= 0.6 is 31.9 Å². The van der Waals surface area contributed by atoms with Crippen LogP contribution in [-0.4, -0.2) is 21.8 Å². The van der Waals surface area contributed by atoms with E-state index < -0.39 is 5.97 Å². The number of carbonyl (C=O) groups is 1. The highest BCUT2D eigenvalue weighted by molar-refractivity contribution is 9.11. The van der Waals surface area contributed by atoms with E-state index in [0.29, 0.717) is 44.5 Å². The fraction of sp³-hybridized carbons (Fsp3) is 0.120. The van der Waals surface area contributed by atoms with Crippen molar-refractivity contribution in [1.29, 1.82) is 0 Å². The minimum absolute atomic E-state index is 0.263. The summed E-state index contributed by atoms with van der Waals surface area (Å²) in [5.74, 6) is 0.339. The molecule has 0 aliphatic carbocycles. The predicted octanol–water partition coefficient (Wildman–Crippen LogP) is 5.89.